The molecular weight excluding hydrogens is 517 g/mol. The van der Waals surface area contributed by atoms with E-state index in [-0.39, 0.29) is 66.5 Å². The molecule has 2 aromatic carbocycles. The van der Waals surface area contributed by atoms with E-state index < -0.39 is 11.9 Å². The quantitative estimate of drug-likeness (QED) is 0.148. The molecule has 1 atom stereocenters. The Hall–Kier alpha value is -3.75. The molecule has 6 N–H and O–H groups in total. The molecule has 0 fully saturated rings. The molecule has 201 valence electrons. The van der Waals surface area contributed by atoms with Crippen LogP contribution >= 0.6 is 0 Å². The number of nitrogens with two attached hydrogens (primary N) is 1. The number of aliphatic hydroxyl groups is 1. The number of anilines is 1. The van der Waals surface area contributed by atoms with Gasteiger partial charge in [0.15, 0.2) is 11.2 Å². The van der Waals surface area contributed by atoms with Gasteiger partial charge in [-0.2, -0.15) is 4.98 Å². The van der Waals surface area contributed by atoms with Crippen LogP contribution in [0, 0.1) is 0 Å². The van der Waals surface area contributed by atoms with E-state index >= 15 is 0 Å². The van der Waals surface area contributed by atoms with Crippen LogP contribution in [-0.4, -0.2) is 95.6 Å². The number of rotatable bonds is 7. The predicted octanol–water partition coefficient (Wildman–Crippen LogP) is 1.73. The maximum absolute atomic E-state index is 11.4. The number of benzene rings is 2. The zero-order chi connectivity index (χ0) is 27.5. The number of imidazole rings is 2. The molecule has 0 saturated carbocycles. The summed E-state index contributed by atoms with van der Waals surface area (Å²) in [6.07, 6.45) is 6.52. The van der Waals surface area contributed by atoms with Crippen LogP contribution in [-0.2, 0) is 16.3 Å². The number of aromatic amines is 2. The smallest absolute Gasteiger partial charge is 0.310 e. The number of nitrogens with zero attached hydrogens (tertiary/aromatic N) is 4. The molecule has 0 aliphatic carbocycles. The van der Waals surface area contributed by atoms with Gasteiger partial charge in [-0.25, -0.2) is 9.97 Å². The van der Waals surface area contributed by atoms with Crippen LogP contribution in [0.2, 0.25) is 0 Å². The predicted molar refractivity (Wildman–Crippen MR) is 146 cm³/mol. The van der Waals surface area contributed by atoms with Gasteiger partial charge >= 0.3 is 5.97 Å². The fourth-order valence-electron chi connectivity index (χ4n) is 3.29. The van der Waals surface area contributed by atoms with Gasteiger partial charge < -0.3 is 30.4 Å². The first-order valence-corrected chi connectivity index (χ1v) is 11.5. The summed E-state index contributed by atoms with van der Waals surface area (Å²) < 4.78 is 11.8. The molecule has 0 bridgehead atoms. The number of H-pyrrole nitrogens is 2. The fraction of sp³-hybridized carbons (Fsp3) is 0.240. The molecular formula is C25H29N7NaO6. The Morgan fingerprint density at radius 2 is 1.95 bits per heavy atom. The Balaban J connectivity index is 0.000000227. The minimum absolute atomic E-state index is 0. The van der Waals surface area contributed by atoms with E-state index in [4.69, 9.17) is 25.4 Å². The summed E-state index contributed by atoms with van der Waals surface area (Å²) in [5, 5.41) is 19.6. The SMILES string of the molecule is COc1ccc2cc([C@H](C)C(=O)O)ccc2c1.Nc1nc2c(ncn2COCCO)c(=O)[nH]1.[Na].c1c[nH]cn1. The van der Waals surface area contributed by atoms with Crippen LogP contribution in [0.15, 0.2) is 66.2 Å². The van der Waals surface area contributed by atoms with Crippen molar-refractivity contribution < 1.29 is 24.5 Å². The van der Waals surface area contributed by atoms with Gasteiger partial charge in [-0.1, -0.05) is 24.3 Å². The van der Waals surface area contributed by atoms with E-state index in [1.165, 1.54) is 10.9 Å². The van der Waals surface area contributed by atoms with Gasteiger partial charge in [-0.15, -0.1) is 0 Å². The normalized spacial score (nSPS) is 10.9. The second-order valence-corrected chi connectivity index (χ2v) is 7.89. The second-order valence-electron chi connectivity index (χ2n) is 7.89. The number of hydrogen-bond acceptors (Lipinski definition) is 9. The van der Waals surface area contributed by atoms with Gasteiger partial charge in [0.25, 0.3) is 5.56 Å². The Kier molecular flexibility index (Phi) is 12.6. The van der Waals surface area contributed by atoms with Gasteiger partial charge in [-0.05, 0) is 35.4 Å². The molecule has 1 radical (unpaired) electrons. The molecule has 5 rings (SSSR count). The minimum Gasteiger partial charge on any atom is -0.497 e. The van der Waals surface area contributed by atoms with E-state index in [2.05, 4.69) is 24.9 Å². The number of aliphatic carboxylic acids is 1. The Morgan fingerprint density at radius 1 is 1.21 bits per heavy atom. The largest absolute Gasteiger partial charge is 0.497 e. The third-order valence-corrected chi connectivity index (χ3v) is 5.31. The molecule has 0 amide bonds. The number of carboxylic acids is 1. The molecule has 0 aliphatic rings. The number of ether oxygens (including phenoxy) is 2. The molecule has 0 saturated heterocycles. The number of hydrogen-bond donors (Lipinski definition) is 5. The van der Waals surface area contributed by atoms with Gasteiger partial charge in [-0.3, -0.25) is 19.1 Å². The molecule has 5 aromatic rings. The molecule has 0 unspecified atom stereocenters. The van der Waals surface area contributed by atoms with Gasteiger partial charge in [0.05, 0.1) is 38.9 Å². The molecule has 0 aliphatic heterocycles. The average Bonchev–Trinajstić information content (AvgIpc) is 3.62. The van der Waals surface area contributed by atoms with Gasteiger partial charge in [0.1, 0.15) is 12.5 Å². The van der Waals surface area contributed by atoms with E-state index in [1.54, 1.807) is 32.8 Å². The first-order valence-electron chi connectivity index (χ1n) is 11.5. The Morgan fingerprint density at radius 3 is 2.56 bits per heavy atom. The summed E-state index contributed by atoms with van der Waals surface area (Å²) in [6, 6.07) is 11.4. The number of fused-ring (bicyclic) bond motifs is 2. The Labute approximate surface area is 245 Å². The number of carbonyl (C=O) groups is 1. The monoisotopic (exact) mass is 546 g/mol. The molecule has 0 spiro atoms. The first kappa shape index (κ1) is 31.5. The average molecular weight is 547 g/mol. The summed E-state index contributed by atoms with van der Waals surface area (Å²) in [6.45, 7) is 1.99. The van der Waals surface area contributed by atoms with Crippen molar-refractivity contribution in [2.24, 2.45) is 0 Å². The number of nitrogens with one attached hydrogen (secondary N) is 2. The first-order chi connectivity index (χ1) is 18.3. The van der Waals surface area contributed by atoms with E-state index in [0.717, 1.165) is 22.1 Å². The van der Waals surface area contributed by atoms with Crippen molar-refractivity contribution >= 4 is 63.4 Å². The van der Waals surface area contributed by atoms with Crippen molar-refractivity contribution in [2.75, 3.05) is 26.1 Å². The van der Waals surface area contributed by atoms with E-state index in [0.29, 0.717) is 5.65 Å². The van der Waals surface area contributed by atoms with Crippen LogP contribution in [0.4, 0.5) is 5.95 Å². The van der Waals surface area contributed by atoms with Crippen molar-refractivity contribution in [3.63, 3.8) is 0 Å². The maximum atomic E-state index is 11.4. The minimum atomic E-state index is -0.808. The summed E-state index contributed by atoms with van der Waals surface area (Å²) >= 11 is 0. The summed E-state index contributed by atoms with van der Waals surface area (Å²) in [7, 11) is 1.63. The third-order valence-electron chi connectivity index (χ3n) is 5.31. The van der Waals surface area contributed by atoms with Crippen LogP contribution in [0.25, 0.3) is 21.9 Å². The number of aliphatic hydroxyl groups excluding tert-OH is 1. The zero-order valence-corrected chi connectivity index (χ0v) is 23.9. The summed E-state index contributed by atoms with van der Waals surface area (Å²) in [5.41, 5.74) is 6.42. The van der Waals surface area contributed by atoms with Gasteiger partial charge in [0, 0.05) is 42.0 Å². The molecule has 13 nitrogen and oxygen atoms in total. The fourth-order valence-corrected chi connectivity index (χ4v) is 3.29. The topological polar surface area (TPSA) is 194 Å². The van der Waals surface area contributed by atoms with Crippen molar-refractivity contribution in [3.05, 3.63) is 77.4 Å². The molecule has 3 aromatic heterocycles. The number of carboxylic acid groups (broad SMARTS) is 1. The van der Waals surface area contributed by atoms with Gasteiger partial charge in [0.2, 0.25) is 5.95 Å². The number of nitrogen functional groups attached to an aromatic ring is 1. The number of methoxy groups -OCH3 is 1. The van der Waals surface area contributed by atoms with Crippen molar-refractivity contribution in [3.8, 4) is 5.75 Å². The van der Waals surface area contributed by atoms with Crippen molar-refractivity contribution in [1.82, 2.24) is 29.5 Å². The van der Waals surface area contributed by atoms with Crippen LogP contribution < -0.4 is 16.0 Å². The van der Waals surface area contributed by atoms with E-state index in [9.17, 15) is 9.59 Å². The number of aromatic nitrogens is 6. The molecule has 14 heteroatoms. The molecule has 3 heterocycles. The van der Waals surface area contributed by atoms with E-state index in [1.807, 2.05) is 36.4 Å². The van der Waals surface area contributed by atoms with Crippen molar-refractivity contribution in [1.29, 1.82) is 0 Å². The Bertz CT molecular complexity index is 1500. The zero-order valence-electron chi connectivity index (χ0n) is 21.9. The summed E-state index contributed by atoms with van der Waals surface area (Å²) in [4.78, 5) is 38.9. The van der Waals surface area contributed by atoms with Crippen LogP contribution in [0.3, 0.4) is 0 Å². The van der Waals surface area contributed by atoms with Crippen LogP contribution in [0.1, 0.15) is 18.4 Å². The van der Waals surface area contributed by atoms with Crippen LogP contribution in [0.5, 0.6) is 5.75 Å². The third kappa shape index (κ3) is 8.90. The second kappa shape index (κ2) is 15.6. The standard InChI is InChI=1S/C14H14O3.C8H11N5O3.C3H4N2.Na/c1-9(14(15)16)10-3-4-12-8-13(17-2)6-5-11(12)7-10;9-8-11-6-5(7(15)12-8)10-3-13(6)4-16-2-1-14;1-2-5-3-4-1;/h3-9H,1-2H3,(H,15,16);3,14H,1-2,4H2,(H3,9,11,12,15);1-3H,(H,4,5);/t9-;;;/m0.../s1. The summed E-state index contributed by atoms with van der Waals surface area (Å²) in [5.74, 6) is -0.461. The maximum Gasteiger partial charge on any atom is 0.310 e. The van der Waals surface area contributed by atoms with Crippen molar-refractivity contribution in [2.45, 2.75) is 19.6 Å². The molecule has 39 heavy (non-hydrogen) atoms.